The zero-order chi connectivity index (χ0) is 10.6. The molecule has 0 heterocycles. The first-order valence-corrected chi connectivity index (χ1v) is 3.84. The molecule has 1 aromatic rings. The van der Waals surface area contributed by atoms with Gasteiger partial charge in [-0.05, 0) is 11.6 Å². The molecule has 4 heteroatoms. The molecular formula is C10H7F3O. The summed E-state index contributed by atoms with van der Waals surface area (Å²) >= 11 is 0. The Morgan fingerprint density at radius 3 is 2.14 bits per heavy atom. The average Bonchev–Trinajstić information content (AvgIpc) is 2.14. The summed E-state index contributed by atoms with van der Waals surface area (Å²) in [5.41, 5.74) is -0.930. The molecule has 0 bridgehead atoms. The molecule has 1 rings (SSSR count). The number of allylic oxidation sites excluding steroid dienone is 2. The van der Waals surface area contributed by atoms with Crippen molar-refractivity contribution in [2.24, 2.45) is 0 Å². The van der Waals surface area contributed by atoms with E-state index in [1.807, 2.05) is 0 Å². The fraction of sp³-hybridized carbons (Fsp3) is 0.100. The van der Waals surface area contributed by atoms with Crippen LogP contribution in [-0.4, -0.2) is 12.5 Å². The fourth-order valence-corrected chi connectivity index (χ4v) is 1.04. The third-order valence-corrected chi connectivity index (χ3v) is 1.62. The van der Waals surface area contributed by atoms with E-state index in [9.17, 15) is 18.0 Å². The lowest BCUT2D eigenvalue weighted by Crippen LogP contribution is -2.10. The highest BCUT2D eigenvalue weighted by Crippen LogP contribution is 2.32. The quantitative estimate of drug-likeness (QED) is 0.530. The van der Waals surface area contributed by atoms with E-state index >= 15 is 0 Å². The number of hydrogen-bond donors (Lipinski definition) is 0. The highest BCUT2D eigenvalue weighted by Gasteiger charge is 2.34. The van der Waals surface area contributed by atoms with Gasteiger partial charge < -0.3 is 0 Å². The molecule has 0 aromatic heterocycles. The molecule has 0 fully saturated rings. The minimum absolute atomic E-state index is 0.00731. The summed E-state index contributed by atoms with van der Waals surface area (Å²) in [7, 11) is 0. The lowest BCUT2D eigenvalue weighted by atomic mass is 10.1. The number of hydrogen-bond acceptors (Lipinski definition) is 1. The van der Waals surface area contributed by atoms with Crippen molar-refractivity contribution >= 4 is 11.9 Å². The van der Waals surface area contributed by atoms with E-state index < -0.39 is 11.7 Å². The number of rotatable bonds is 2. The molecule has 1 aromatic carbocycles. The van der Waals surface area contributed by atoms with E-state index in [0.717, 1.165) is 0 Å². The van der Waals surface area contributed by atoms with Crippen LogP contribution >= 0.6 is 0 Å². The second-order valence-electron chi connectivity index (χ2n) is 2.58. The molecule has 0 N–H and O–H groups in total. The largest absolute Gasteiger partial charge is 0.417 e. The number of aldehydes is 1. The average molecular weight is 200 g/mol. The molecule has 1 nitrogen and oxygen atoms in total. The van der Waals surface area contributed by atoms with Crippen LogP contribution in [0.4, 0.5) is 13.2 Å². The van der Waals surface area contributed by atoms with Gasteiger partial charge in [-0.2, -0.15) is 13.2 Å². The first kappa shape index (κ1) is 10.5. The SMILES string of the molecule is O=CC=C(c1ccccc1)C(F)(F)F. The van der Waals surface area contributed by atoms with Gasteiger partial charge in [0, 0.05) is 0 Å². The molecule has 0 aliphatic rings. The smallest absolute Gasteiger partial charge is 0.299 e. The van der Waals surface area contributed by atoms with E-state index in [0.29, 0.717) is 6.08 Å². The molecule has 0 aliphatic heterocycles. The summed E-state index contributed by atoms with van der Waals surface area (Å²) in [6, 6.07) is 7.20. The van der Waals surface area contributed by atoms with Gasteiger partial charge in [0.1, 0.15) is 6.29 Å². The van der Waals surface area contributed by atoms with Gasteiger partial charge >= 0.3 is 6.18 Å². The lowest BCUT2D eigenvalue weighted by Gasteiger charge is -2.10. The van der Waals surface area contributed by atoms with Gasteiger partial charge in [0.05, 0.1) is 5.57 Å². The van der Waals surface area contributed by atoms with Gasteiger partial charge in [0.2, 0.25) is 0 Å². The Morgan fingerprint density at radius 2 is 1.71 bits per heavy atom. The molecule has 0 spiro atoms. The van der Waals surface area contributed by atoms with Crippen LogP contribution < -0.4 is 0 Å². The number of halogens is 3. The van der Waals surface area contributed by atoms with Crippen LogP contribution in [-0.2, 0) is 4.79 Å². The lowest BCUT2D eigenvalue weighted by molar-refractivity contribution is -0.104. The van der Waals surface area contributed by atoms with Crippen molar-refractivity contribution in [2.45, 2.75) is 6.18 Å². The maximum atomic E-state index is 12.4. The predicted molar refractivity (Wildman–Crippen MR) is 46.5 cm³/mol. The number of alkyl halides is 3. The maximum Gasteiger partial charge on any atom is 0.417 e. The zero-order valence-electron chi connectivity index (χ0n) is 7.08. The number of benzene rings is 1. The first-order valence-electron chi connectivity index (χ1n) is 3.84. The van der Waals surface area contributed by atoms with Crippen molar-refractivity contribution in [3.05, 3.63) is 42.0 Å². The topological polar surface area (TPSA) is 17.1 Å². The Balaban J connectivity index is 3.15. The molecular weight excluding hydrogens is 193 g/mol. The highest BCUT2D eigenvalue weighted by molar-refractivity contribution is 5.83. The van der Waals surface area contributed by atoms with Gasteiger partial charge in [-0.1, -0.05) is 30.3 Å². The Labute approximate surface area is 78.9 Å². The molecule has 0 saturated carbocycles. The van der Waals surface area contributed by atoms with Gasteiger partial charge in [-0.15, -0.1) is 0 Å². The van der Waals surface area contributed by atoms with Crippen LogP contribution in [0.3, 0.4) is 0 Å². The molecule has 0 atom stereocenters. The van der Waals surface area contributed by atoms with Crippen molar-refractivity contribution in [3.8, 4) is 0 Å². The third-order valence-electron chi connectivity index (χ3n) is 1.62. The van der Waals surface area contributed by atoms with Crippen molar-refractivity contribution in [1.82, 2.24) is 0 Å². The van der Waals surface area contributed by atoms with Gasteiger partial charge in [-0.25, -0.2) is 0 Å². The molecule has 0 aliphatic carbocycles. The monoisotopic (exact) mass is 200 g/mol. The van der Waals surface area contributed by atoms with Crippen molar-refractivity contribution in [3.63, 3.8) is 0 Å². The summed E-state index contributed by atoms with van der Waals surface area (Å²) in [5, 5.41) is 0. The predicted octanol–water partition coefficient (Wildman–Crippen LogP) is 2.83. The van der Waals surface area contributed by atoms with E-state index in [-0.39, 0.29) is 11.8 Å². The van der Waals surface area contributed by atoms with E-state index in [4.69, 9.17) is 0 Å². The summed E-state index contributed by atoms with van der Waals surface area (Å²) < 4.78 is 37.1. The van der Waals surface area contributed by atoms with Gasteiger partial charge in [0.15, 0.2) is 0 Å². The van der Waals surface area contributed by atoms with Crippen LogP contribution in [0.15, 0.2) is 36.4 Å². The molecule has 0 saturated heterocycles. The summed E-state index contributed by atoms with van der Waals surface area (Å²) in [6.07, 6.45) is -3.84. The van der Waals surface area contributed by atoms with Crippen LogP contribution in [0.25, 0.3) is 5.57 Å². The number of carbonyl (C=O) groups excluding carboxylic acids is 1. The minimum Gasteiger partial charge on any atom is -0.299 e. The molecule has 74 valence electrons. The highest BCUT2D eigenvalue weighted by atomic mass is 19.4. The van der Waals surface area contributed by atoms with E-state index in [1.165, 1.54) is 24.3 Å². The first-order chi connectivity index (χ1) is 6.55. The van der Waals surface area contributed by atoms with Crippen LogP contribution in [0.1, 0.15) is 5.56 Å². The van der Waals surface area contributed by atoms with Gasteiger partial charge in [-0.3, -0.25) is 4.79 Å². The zero-order valence-corrected chi connectivity index (χ0v) is 7.08. The Kier molecular flexibility index (Phi) is 3.06. The number of carbonyl (C=O) groups is 1. The van der Waals surface area contributed by atoms with Crippen molar-refractivity contribution in [1.29, 1.82) is 0 Å². The third kappa shape index (κ3) is 2.45. The summed E-state index contributed by atoms with van der Waals surface area (Å²) in [4.78, 5) is 10.1. The van der Waals surface area contributed by atoms with Crippen molar-refractivity contribution < 1.29 is 18.0 Å². The van der Waals surface area contributed by atoms with E-state index in [1.54, 1.807) is 6.07 Å². The van der Waals surface area contributed by atoms with Crippen LogP contribution in [0.5, 0.6) is 0 Å². The minimum atomic E-state index is -4.50. The Hall–Kier alpha value is -1.58. The second kappa shape index (κ2) is 4.09. The van der Waals surface area contributed by atoms with Crippen molar-refractivity contribution in [2.75, 3.05) is 0 Å². The second-order valence-corrected chi connectivity index (χ2v) is 2.58. The van der Waals surface area contributed by atoms with E-state index in [2.05, 4.69) is 0 Å². The van der Waals surface area contributed by atoms with Crippen LogP contribution in [0, 0.1) is 0 Å². The van der Waals surface area contributed by atoms with Gasteiger partial charge in [0.25, 0.3) is 0 Å². The Morgan fingerprint density at radius 1 is 1.14 bits per heavy atom. The standard InChI is InChI=1S/C10H7F3O/c11-10(12,13)9(6-7-14)8-4-2-1-3-5-8/h1-7H. The summed E-state index contributed by atoms with van der Waals surface area (Å²) in [5.74, 6) is 0. The molecule has 14 heavy (non-hydrogen) atoms. The summed E-state index contributed by atoms with van der Waals surface area (Å²) in [6.45, 7) is 0. The molecule has 0 unspecified atom stereocenters. The maximum absolute atomic E-state index is 12.4. The normalized spacial score (nSPS) is 12.6. The Bertz CT molecular complexity index is 338. The molecule has 0 radical (unpaired) electrons. The molecule has 0 amide bonds. The fourth-order valence-electron chi connectivity index (χ4n) is 1.04. The van der Waals surface area contributed by atoms with Crippen LogP contribution in [0.2, 0.25) is 0 Å².